The summed E-state index contributed by atoms with van der Waals surface area (Å²) in [7, 11) is 0. The van der Waals surface area contributed by atoms with Crippen LogP contribution < -0.4 is 15.3 Å². The van der Waals surface area contributed by atoms with E-state index < -0.39 is 18.5 Å². The largest absolute Gasteiger partial charge is 3.00 e. The molecule has 0 rings (SSSR count). The molecule has 0 bridgehead atoms. The summed E-state index contributed by atoms with van der Waals surface area (Å²) in [5.74, 6) is 0. The molecular weight excluding hydrogens is 281 g/mol. The number of hydrogen-bond donors (Lipinski definition) is 3. The number of hydrogen-bond acceptors (Lipinski definition) is 6. The average molecular weight is 284 g/mol. The van der Waals surface area contributed by atoms with Gasteiger partial charge in [0.1, 0.15) is 0 Å². The van der Waals surface area contributed by atoms with Crippen LogP contribution in [0.25, 0.3) is 0 Å². The molecule has 0 spiro atoms. The van der Waals surface area contributed by atoms with Gasteiger partial charge in [-0.25, -0.2) is 0 Å². The van der Waals surface area contributed by atoms with E-state index in [1.165, 1.54) is 0 Å². The Balaban J connectivity index is -0.0000000450. The molecule has 3 N–H and O–H groups in total. The first kappa shape index (κ1) is 22.5. The molecule has 10 heteroatoms. The zero-order valence-electron chi connectivity index (χ0n) is 5.64. The first-order valence-corrected chi connectivity index (χ1v) is 1.90. The van der Waals surface area contributed by atoms with Crippen LogP contribution in [0.4, 0.5) is 14.4 Å². The predicted octanol–water partition coefficient (Wildman–Crippen LogP) is -3.34. The van der Waals surface area contributed by atoms with Gasteiger partial charge in [-0.2, -0.15) is 0 Å². The van der Waals surface area contributed by atoms with Crippen LogP contribution in [0.15, 0.2) is 0 Å². The third-order valence-corrected chi connectivity index (χ3v) is 0. The first-order chi connectivity index (χ1) is 5.20. The van der Waals surface area contributed by atoms with Crippen molar-refractivity contribution in [1.82, 2.24) is 0 Å². The Morgan fingerprint density at radius 2 is 0.692 bits per heavy atom. The first-order valence-electron chi connectivity index (χ1n) is 1.90. The molecular formula is C3H3O9Ru. The third-order valence-electron chi connectivity index (χ3n) is 0. The van der Waals surface area contributed by atoms with Gasteiger partial charge in [0.2, 0.25) is 18.5 Å². The predicted molar refractivity (Wildman–Crippen MR) is 24.1 cm³/mol. The maximum Gasteiger partial charge on any atom is 3.00 e. The van der Waals surface area contributed by atoms with Gasteiger partial charge in [0.15, 0.2) is 0 Å². The van der Waals surface area contributed by atoms with Crippen molar-refractivity contribution in [3.8, 4) is 0 Å². The molecule has 0 aromatic rings. The van der Waals surface area contributed by atoms with Gasteiger partial charge in [0.25, 0.3) is 0 Å². The molecule has 9 nitrogen and oxygen atoms in total. The van der Waals surface area contributed by atoms with E-state index in [4.69, 9.17) is 45.0 Å². The van der Waals surface area contributed by atoms with Crippen LogP contribution in [0, 0.1) is 0 Å². The fraction of sp³-hybridized carbons (Fsp3) is 0. The van der Waals surface area contributed by atoms with Gasteiger partial charge in [-0.3, -0.25) is 0 Å². The van der Waals surface area contributed by atoms with Crippen molar-refractivity contribution in [2.45, 2.75) is 0 Å². The summed E-state index contributed by atoms with van der Waals surface area (Å²) < 4.78 is 0. The summed E-state index contributed by atoms with van der Waals surface area (Å²) in [4.78, 5) is 25.3. The zero-order valence-corrected chi connectivity index (χ0v) is 7.38. The topological polar surface area (TPSA) is 181 Å². The number of rotatable bonds is 0. The molecule has 0 aliphatic heterocycles. The SMILES string of the molecule is O=C([O-])O.O=C([O-])O.O=C([O-])O.[Ru+3]. The standard InChI is InChI=1S/3CH2O3.Ru/c3*2-1(3)4;/h3*(H2,2,3,4);/q;;;+3/p-3. The Morgan fingerprint density at radius 1 is 0.692 bits per heavy atom. The van der Waals surface area contributed by atoms with Gasteiger partial charge < -0.3 is 45.0 Å². The summed E-state index contributed by atoms with van der Waals surface area (Å²) in [6.45, 7) is 0. The van der Waals surface area contributed by atoms with Crippen molar-refractivity contribution in [2.75, 3.05) is 0 Å². The maximum absolute atomic E-state index is 8.44. The molecule has 0 aromatic heterocycles. The van der Waals surface area contributed by atoms with Crippen LogP contribution >= 0.6 is 0 Å². The minimum atomic E-state index is -2.08. The zero-order chi connectivity index (χ0) is 10.7. The van der Waals surface area contributed by atoms with E-state index in [9.17, 15) is 0 Å². The van der Waals surface area contributed by atoms with Gasteiger partial charge in [0, 0.05) is 0 Å². The van der Waals surface area contributed by atoms with E-state index in [2.05, 4.69) is 0 Å². The maximum atomic E-state index is 8.44. The summed E-state index contributed by atoms with van der Waals surface area (Å²) in [5.41, 5.74) is 0. The smallest absolute Gasteiger partial charge is 0.565 e. The van der Waals surface area contributed by atoms with Crippen LogP contribution in [0.1, 0.15) is 0 Å². The van der Waals surface area contributed by atoms with Crippen LogP contribution in [-0.2, 0) is 19.5 Å². The van der Waals surface area contributed by atoms with Crippen LogP contribution in [0.2, 0.25) is 0 Å². The molecule has 0 atom stereocenters. The Morgan fingerprint density at radius 3 is 0.692 bits per heavy atom. The van der Waals surface area contributed by atoms with Gasteiger partial charge in [-0.05, 0) is 0 Å². The van der Waals surface area contributed by atoms with Crippen molar-refractivity contribution in [3.05, 3.63) is 0 Å². The molecule has 0 aromatic carbocycles. The second kappa shape index (κ2) is 16.8. The Labute approximate surface area is 83.6 Å². The van der Waals surface area contributed by atoms with Gasteiger partial charge in [0.05, 0.1) is 0 Å². The molecule has 0 aliphatic carbocycles. The molecule has 0 aliphatic rings. The molecule has 0 saturated heterocycles. The molecule has 0 saturated carbocycles. The number of carbonyl (C=O) groups is 3. The Hall–Kier alpha value is -1.57. The molecule has 0 fully saturated rings. The summed E-state index contributed by atoms with van der Waals surface area (Å²) in [6, 6.07) is 0. The summed E-state index contributed by atoms with van der Waals surface area (Å²) in [6.07, 6.45) is -6.25. The van der Waals surface area contributed by atoms with E-state index >= 15 is 0 Å². The van der Waals surface area contributed by atoms with Crippen LogP contribution in [-0.4, -0.2) is 33.8 Å². The normalized spacial score (nSPS) is 5.54. The molecule has 13 heavy (non-hydrogen) atoms. The summed E-state index contributed by atoms with van der Waals surface area (Å²) >= 11 is 0. The molecule has 0 heterocycles. The van der Waals surface area contributed by atoms with E-state index in [-0.39, 0.29) is 19.5 Å². The summed E-state index contributed by atoms with van der Waals surface area (Å²) in [5, 5.41) is 45.9. The second-order valence-corrected chi connectivity index (χ2v) is 0.798. The number of carboxylic acid groups (broad SMARTS) is 6. The minimum Gasteiger partial charge on any atom is -0.565 e. The fourth-order valence-corrected chi connectivity index (χ4v) is 0. The van der Waals surface area contributed by atoms with E-state index in [1.807, 2.05) is 0 Å². The third kappa shape index (κ3) is 302. The second-order valence-electron chi connectivity index (χ2n) is 0.798. The average Bonchev–Trinajstić information content (AvgIpc) is 1.54. The molecule has 0 amide bonds. The molecule has 77 valence electrons. The van der Waals surface area contributed by atoms with E-state index in [1.54, 1.807) is 0 Å². The van der Waals surface area contributed by atoms with Crippen molar-refractivity contribution in [2.24, 2.45) is 0 Å². The van der Waals surface area contributed by atoms with E-state index in [0.717, 1.165) is 0 Å². The van der Waals surface area contributed by atoms with E-state index in [0.29, 0.717) is 0 Å². The minimum absolute atomic E-state index is 0. The van der Waals surface area contributed by atoms with Crippen molar-refractivity contribution < 1.29 is 64.5 Å². The van der Waals surface area contributed by atoms with Crippen LogP contribution in [0.3, 0.4) is 0 Å². The van der Waals surface area contributed by atoms with Gasteiger partial charge in [-0.1, -0.05) is 0 Å². The Kier molecular flexibility index (Phi) is 29.1. The molecule has 0 unspecified atom stereocenters. The van der Waals surface area contributed by atoms with Crippen molar-refractivity contribution >= 4 is 18.5 Å². The van der Waals surface area contributed by atoms with Crippen molar-refractivity contribution in [1.29, 1.82) is 0 Å². The van der Waals surface area contributed by atoms with Gasteiger partial charge >= 0.3 is 19.5 Å². The monoisotopic (exact) mass is 285 g/mol. The Bertz CT molecular complexity index is 112. The molecule has 1 radical (unpaired) electrons. The van der Waals surface area contributed by atoms with Gasteiger partial charge in [-0.15, -0.1) is 0 Å². The fourth-order valence-electron chi connectivity index (χ4n) is 0. The quantitative estimate of drug-likeness (QED) is 0.383. The van der Waals surface area contributed by atoms with Crippen LogP contribution in [0.5, 0.6) is 0 Å². The van der Waals surface area contributed by atoms with Crippen molar-refractivity contribution in [3.63, 3.8) is 0 Å².